The fourth-order valence-corrected chi connectivity index (χ4v) is 5.25. The van der Waals surface area contributed by atoms with Gasteiger partial charge < -0.3 is 33.6 Å². The average Bonchev–Trinajstić information content (AvgIpc) is 2.93. The molecule has 0 aromatic heterocycles. The van der Waals surface area contributed by atoms with E-state index in [2.05, 4.69) is 11.8 Å². The molecule has 36 heavy (non-hydrogen) atoms. The van der Waals surface area contributed by atoms with Crippen molar-refractivity contribution in [3.05, 3.63) is 47.0 Å². The molecule has 1 saturated heterocycles. The first-order valence-electron chi connectivity index (χ1n) is 12.1. The number of hydrogen-bond acceptors (Lipinski definition) is 7. The molecule has 0 radical (unpaired) electrons. The standard InChI is InChI=1S/C27H35N3O6/c1-7-29-10-12-30(13-11-29)27(32)24-18-15-22(35-5)23(36-6)16-19(18)26(31)28(2)25(24)17-8-9-20(33-3)21(14-17)34-4/h8-9,14-16,24-25H,7,10-13H2,1-6H3/t24-,25-/m1/s1. The molecule has 2 aliphatic rings. The van der Waals surface area contributed by atoms with Gasteiger partial charge in [-0.25, -0.2) is 0 Å². The molecule has 194 valence electrons. The Bertz CT molecular complexity index is 1130. The molecule has 2 aliphatic heterocycles. The number of amides is 2. The van der Waals surface area contributed by atoms with E-state index in [4.69, 9.17) is 18.9 Å². The van der Waals surface area contributed by atoms with Crippen molar-refractivity contribution in [1.82, 2.24) is 14.7 Å². The largest absolute Gasteiger partial charge is 0.493 e. The summed E-state index contributed by atoms with van der Waals surface area (Å²) >= 11 is 0. The molecule has 0 spiro atoms. The van der Waals surface area contributed by atoms with Gasteiger partial charge in [0.1, 0.15) is 0 Å². The molecule has 0 bridgehead atoms. The van der Waals surface area contributed by atoms with Crippen molar-refractivity contribution in [1.29, 1.82) is 0 Å². The van der Waals surface area contributed by atoms with Crippen LogP contribution in [0.5, 0.6) is 23.0 Å². The average molecular weight is 498 g/mol. The van der Waals surface area contributed by atoms with Gasteiger partial charge in [0.25, 0.3) is 5.91 Å². The predicted octanol–water partition coefficient (Wildman–Crippen LogP) is 2.80. The van der Waals surface area contributed by atoms with Crippen LogP contribution in [0.3, 0.4) is 0 Å². The number of ether oxygens (including phenoxy) is 4. The summed E-state index contributed by atoms with van der Waals surface area (Å²) in [5.41, 5.74) is 1.87. The van der Waals surface area contributed by atoms with Crippen LogP contribution in [0.25, 0.3) is 0 Å². The molecule has 4 rings (SSSR count). The van der Waals surface area contributed by atoms with Crippen molar-refractivity contribution in [2.75, 3.05) is 68.2 Å². The van der Waals surface area contributed by atoms with Gasteiger partial charge in [0.15, 0.2) is 23.0 Å². The predicted molar refractivity (Wildman–Crippen MR) is 135 cm³/mol. The maximum absolute atomic E-state index is 14.2. The second-order valence-electron chi connectivity index (χ2n) is 9.01. The number of hydrogen-bond donors (Lipinski definition) is 0. The summed E-state index contributed by atoms with van der Waals surface area (Å²) in [5, 5.41) is 0. The van der Waals surface area contributed by atoms with Gasteiger partial charge in [-0.15, -0.1) is 0 Å². The normalized spacial score (nSPS) is 20.1. The number of nitrogens with zero attached hydrogens (tertiary/aromatic N) is 3. The first kappa shape index (κ1) is 25.6. The van der Waals surface area contributed by atoms with Crippen LogP contribution >= 0.6 is 0 Å². The van der Waals surface area contributed by atoms with Crippen LogP contribution in [0, 0.1) is 0 Å². The van der Waals surface area contributed by atoms with Gasteiger partial charge in [-0.05, 0) is 41.9 Å². The van der Waals surface area contributed by atoms with Crippen molar-refractivity contribution in [3.63, 3.8) is 0 Å². The van der Waals surface area contributed by atoms with Crippen molar-refractivity contribution in [3.8, 4) is 23.0 Å². The van der Waals surface area contributed by atoms with Crippen LogP contribution in [-0.4, -0.2) is 94.7 Å². The smallest absolute Gasteiger partial charge is 0.254 e. The molecule has 2 aromatic carbocycles. The van der Waals surface area contributed by atoms with Gasteiger partial charge in [-0.1, -0.05) is 13.0 Å². The third-order valence-corrected chi connectivity index (χ3v) is 7.32. The topological polar surface area (TPSA) is 80.8 Å². The van der Waals surface area contributed by atoms with E-state index in [-0.39, 0.29) is 11.8 Å². The number of methoxy groups -OCH3 is 4. The summed E-state index contributed by atoms with van der Waals surface area (Å²) in [6, 6.07) is 8.44. The van der Waals surface area contributed by atoms with E-state index < -0.39 is 12.0 Å². The van der Waals surface area contributed by atoms with E-state index in [1.165, 1.54) is 7.11 Å². The highest BCUT2D eigenvalue weighted by molar-refractivity contribution is 6.02. The fourth-order valence-electron chi connectivity index (χ4n) is 5.25. The Labute approximate surface area is 212 Å². The third kappa shape index (κ3) is 4.43. The number of piperazine rings is 1. The van der Waals surface area contributed by atoms with E-state index in [1.54, 1.807) is 51.5 Å². The lowest BCUT2D eigenvalue weighted by atomic mass is 9.78. The molecule has 9 heteroatoms. The summed E-state index contributed by atoms with van der Waals surface area (Å²) in [7, 11) is 7.96. The number of fused-ring (bicyclic) bond motifs is 1. The van der Waals surface area contributed by atoms with Crippen molar-refractivity contribution < 1.29 is 28.5 Å². The molecule has 9 nitrogen and oxygen atoms in total. The molecule has 2 heterocycles. The Hall–Kier alpha value is -3.46. The van der Waals surface area contributed by atoms with Gasteiger partial charge in [-0.3, -0.25) is 9.59 Å². The number of carbonyl (C=O) groups is 2. The van der Waals surface area contributed by atoms with Crippen LogP contribution in [-0.2, 0) is 4.79 Å². The van der Waals surface area contributed by atoms with Crippen LogP contribution < -0.4 is 18.9 Å². The van der Waals surface area contributed by atoms with Crippen molar-refractivity contribution in [2.24, 2.45) is 0 Å². The molecule has 0 unspecified atom stereocenters. The second-order valence-corrected chi connectivity index (χ2v) is 9.01. The first-order valence-corrected chi connectivity index (χ1v) is 12.1. The monoisotopic (exact) mass is 497 g/mol. The first-order chi connectivity index (χ1) is 17.4. The molecule has 0 N–H and O–H groups in total. The van der Waals surface area contributed by atoms with Crippen molar-refractivity contribution >= 4 is 11.8 Å². The lowest BCUT2D eigenvalue weighted by Crippen LogP contribution is -2.52. The zero-order valence-electron chi connectivity index (χ0n) is 21.9. The minimum Gasteiger partial charge on any atom is -0.493 e. The maximum atomic E-state index is 14.2. The summed E-state index contributed by atoms with van der Waals surface area (Å²) in [6.45, 7) is 6.01. The van der Waals surface area contributed by atoms with E-state index in [9.17, 15) is 9.59 Å². The summed E-state index contributed by atoms with van der Waals surface area (Å²) < 4.78 is 22.0. The molecule has 0 saturated carbocycles. The van der Waals surface area contributed by atoms with Gasteiger partial charge in [0, 0.05) is 38.8 Å². The van der Waals surface area contributed by atoms with Crippen LogP contribution in [0.1, 0.15) is 40.4 Å². The minimum absolute atomic E-state index is 0.0154. The van der Waals surface area contributed by atoms with E-state index in [1.807, 2.05) is 17.0 Å². The molecular weight excluding hydrogens is 462 g/mol. The Morgan fingerprint density at radius 3 is 2.03 bits per heavy atom. The highest BCUT2D eigenvalue weighted by Gasteiger charge is 2.45. The lowest BCUT2D eigenvalue weighted by Gasteiger charge is -2.43. The fraction of sp³-hybridized carbons (Fsp3) is 0.481. The molecule has 2 aromatic rings. The third-order valence-electron chi connectivity index (χ3n) is 7.32. The quantitative estimate of drug-likeness (QED) is 0.582. The Morgan fingerprint density at radius 1 is 0.861 bits per heavy atom. The zero-order chi connectivity index (χ0) is 26.0. The molecule has 2 atom stereocenters. The molecule has 2 amide bonds. The van der Waals surface area contributed by atoms with Gasteiger partial charge in [0.2, 0.25) is 5.91 Å². The van der Waals surface area contributed by atoms with Crippen LogP contribution in [0.15, 0.2) is 30.3 Å². The summed E-state index contributed by atoms with van der Waals surface area (Å²) in [4.78, 5) is 33.7. The lowest BCUT2D eigenvalue weighted by molar-refractivity contribution is -0.136. The van der Waals surface area contributed by atoms with E-state index in [0.717, 1.165) is 25.2 Å². The number of benzene rings is 2. The molecule has 0 aliphatic carbocycles. The summed E-state index contributed by atoms with van der Waals surface area (Å²) in [6.07, 6.45) is 0. The minimum atomic E-state index is -0.631. The highest BCUT2D eigenvalue weighted by atomic mass is 16.5. The maximum Gasteiger partial charge on any atom is 0.254 e. The van der Waals surface area contributed by atoms with Gasteiger partial charge >= 0.3 is 0 Å². The zero-order valence-corrected chi connectivity index (χ0v) is 21.9. The number of rotatable bonds is 7. The number of carbonyl (C=O) groups excluding carboxylic acids is 2. The summed E-state index contributed by atoms with van der Waals surface area (Å²) in [5.74, 6) is 1.21. The highest BCUT2D eigenvalue weighted by Crippen LogP contribution is 2.47. The van der Waals surface area contributed by atoms with Crippen LogP contribution in [0.2, 0.25) is 0 Å². The van der Waals surface area contributed by atoms with E-state index >= 15 is 0 Å². The van der Waals surface area contributed by atoms with Gasteiger partial charge in [-0.2, -0.15) is 0 Å². The Balaban J connectivity index is 1.86. The SMILES string of the molecule is CCN1CCN(C(=O)[C@@H]2c3cc(OC)c(OC)cc3C(=O)N(C)[C@@H]2c2ccc(OC)c(OC)c2)CC1. The Kier molecular flexibility index (Phi) is 7.59. The second kappa shape index (κ2) is 10.7. The van der Waals surface area contributed by atoms with Crippen molar-refractivity contribution in [2.45, 2.75) is 18.9 Å². The van der Waals surface area contributed by atoms with E-state index in [0.29, 0.717) is 47.2 Å². The van der Waals surface area contributed by atoms with Gasteiger partial charge in [0.05, 0.1) is 40.4 Å². The molecular formula is C27H35N3O6. The molecule has 1 fully saturated rings. The Morgan fingerprint density at radius 2 is 1.44 bits per heavy atom. The van der Waals surface area contributed by atoms with Crippen LogP contribution in [0.4, 0.5) is 0 Å². The number of likely N-dealkylation sites (N-methyl/N-ethyl adjacent to an activating group) is 2.